The maximum Gasteiger partial charge on any atom is 0.320 e. The molecule has 7 nitrogen and oxygen atoms in total. The van der Waals surface area contributed by atoms with E-state index in [1.54, 1.807) is 0 Å². The van der Waals surface area contributed by atoms with E-state index < -0.39 is 6.04 Å². The van der Waals surface area contributed by atoms with Gasteiger partial charge in [-0.25, -0.2) is 4.79 Å². The lowest BCUT2D eigenvalue weighted by atomic mass is 10.0. The zero-order valence-electron chi connectivity index (χ0n) is 20.4. The van der Waals surface area contributed by atoms with Crippen molar-refractivity contribution in [3.63, 3.8) is 0 Å². The number of carbonyl (C=O) groups is 2. The van der Waals surface area contributed by atoms with Crippen molar-refractivity contribution in [1.29, 1.82) is 0 Å². The second-order valence-electron chi connectivity index (χ2n) is 9.56. The zero-order valence-corrected chi connectivity index (χ0v) is 20.4. The number of hydrogen-bond donors (Lipinski definition) is 2. The lowest BCUT2D eigenvalue weighted by molar-refractivity contribution is -0.133. The molecule has 2 aromatic carbocycles. The molecule has 2 saturated heterocycles. The lowest BCUT2D eigenvalue weighted by Crippen LogP contribution is -2.47. The predicted molar refractivity (Wildman–Crippen MR) is 136 cm³/mol. The van der Waals surface area contributed by atoms with Gasteiger partial charge < -0.3 is 20.4 Å². The van der Waals surface area contributed by atoms with E-state index in [2.05, 4.69) is 27.5 Å². The third-order valence-corrected chi connectivity index (χ3v) is 7.01. The average molecular weight is 464 g/mol. The van der Waals surface area contributed by atoms with Crippen LogP contribution in [0, 0.1) is 6.92 Å². The van der Waals surface area contributed by atoms with Gasteiger partial charge in [0.1, 0.15) is 6.04 Å². The highest BCUT2D eigenvalue weighted by Gasteiger charge is 2.31. The second-order valence-corrected chi connectivity index (χ2v) is 9.56. The van der Waals surface area contributed by atoms with Crippen LogP contribution in [0.15, 0.2) is 54.6 Å². The number of carbonyl (C=O) groups excluding carboxylic acids is 2. The quantitative estimate of drug-likeness (QED) is 0.712. The Morgan fingerprint density at radius 2 is 1.59 bits per heavy atom. The zero-order chi connectivity index (χ0) is 23.9. The summed E-state index contributed by atoms with van der Waals surface area (Å²) in [5, 5.41) is 5.79. The number of aryl methyl sites for hydroxylation is 1. The van der Waals surface area contributed by atoms with Gasteiger partial charge in [-0.3, -0.25) is 9.69 Å². The molecular weight excluding hydrogens is 426 g/mol. The van der Waals surface area contributed by atoms with Crippen LogP contribution >= 0.6 is 0 Å². The molecule has 34 heavy (non-hydrogen) atoms. The van der Waals surface area contributed by atoms with Gasteiger partial charge in [0, 0.05) is 37.9 Å². The van der Waals surface area contributed by atoms with Crippen LogP contribution in [0.4, 0.5) is 10.5 Å². The van der Waals surface area contributed by atoms with Crippen molar-refractivity contribution < 1.29 is 9.59 Å². The van der Waals surface area contributed by atoms with Crippen LogP contribution in [0.1, 0.15) is 36.4 Å². The topological polar surface area (TPSA) is 67.9 Å². The Morgan fingerprint density at radius 3 is 2.29 bits per heavy atom. The molecule has 2 fully saturated rings. The number of anilines is 1. The third kappa shape index (κ3) is 6.36. The summed E-state index contributed by atoms with van der Waals surface area (Å²) >= 11 is 0. The molecule has 2 aliphatic rings. The molecule has 7 heteroatoms. The molecule has 0 bridgehead atoms. The summed E-state index contributed by atoms with van der Waals surface area (Å²) in [5.41, 5.74) is 2.62. The van der Waals surface area contributed by atoms with Crippen LogP contribution in [-0.4, -0.2) is 79.0 Å². The largest absolute Gasteiger partial charge is 0.339 e. The number of nitrogens with one attached hydrogen (secondary N) is 2. The smallest absolute Gasteiger partial charge is 0.320 e. The summed E-state index contributed by atoms with van der Waals surface area (Å²) in [6.45, 7) is 7.60. The van der Waals surface area contributed by atoms with Gasteiger partial charge in [0.15, 0.2) is 0 Å². The van der Waals surface area contributed by atoms with Crippen molar-refractivity contribution in [3.05, 3.63) is 65.7 Å². The molecule has 0 spiro atoms. The molecule has 3 amide bonds. The van der Waals surface area contributed by atoms with Crippen LogP contribution in [-0.2, 0) is 4.79 Å². The summed E-state index contributed by atoms with van der Waals surface area (Å²) in [5.74, 6) is -0.0458. The number of benzene rings is 2. The van der Waals surface area contributed by atoms with Crippen molar-refractivity contribution >= 4 is 17.6 Å². The summed E-state index contributed by atoms with van der Waals surface area (Å²) < 4.78 is 0. The van der Waals surface area contributed by atoms with E-state index in [9.17, 15) is 9.59 Å². The molecule has 0 unspecified atom stereocenters. The number of nitrogens with zero attached hydrogens (tertiary/aromatic N) is 3. The summed E-state index contributed by atoms with van der Waals surface area (Å²) in [6.07, 6.45) is 3.34. The monoisotopic (exact) mass is 463 g/mol. The molecule has 2 heterocycles. The van der Waals surface area contributed by atoms with E-state index >= 15 is 0 Å². The van der Waals surface area contributed by atoms with Crippen LogP contribution in [0.2, 0.25) is 0 Å². The molecule has 2 N–H and O–H groups in total. The van der Waals surface area contributed by atoms with Gasteiger partial charge >= 0.3 is 6.03 Å². The standard InChI is InChI=1S/C27H37N5O2/c1-21-9-11-23(12-10-21)28-27(34)29-25(22-7-4-3-5-8-22)26(33)32-16-6-15-31(19-20-32)24-13-17-30(2)18-14-24/h3-5,7-12,24-25H,6,13-20H2,1-2H3,(H2,28,29,34)/t25-/m1/s1. The molecule has 0 aromatic heterocycles. The van der Waals surface area contributed by atoms with Gasteiger partial charge in [-0.15, -0.1) is 0 Å². The molecule has 182 valence electrons. The lowest BCUT2D eigenvalue weighted by Gasteiger charge is -2.36. The summed E-state index contributed by atoms with van der Waals surface area (Å²) in [6, 6.07) is 16.6. The Kier molecular flexibility index (Phi) is 8.19. The SMILES string of the molecule is Cc1ccc(NC(=O)N[C@@H](C(=O)N2CCCN(C3CCN(C)CC3)CC2)c2ccccc2)cc1. The number of hydrogen-bond acceptors (Lipinski definition) is 4. The minimum absolute atomic E-state index is 0.0458. The molecule has 0 aliphatic carbocycles. The number of likely N-dealkylation sites (tertiary alicyclic amines) is 1. The third-order valence-electron chi connectivity index (χ3n) is 7.01. The first-order valence-corrected chi connectivity index (χ1v) is 12.4. The first kappa shape index (κ1) is 24.2. The number of amides is 3. The number of piperidine rings is 1. The molecule has 1 atom stereocenters. The van der Waals surface area contributed by atoms with Gasteiger partial charge in [-0.1, -0.05) is 48.0 Å². The summed E-state index contributed by atoms with van der Waals surface area (Å²) in [7, 11) is 2.19. The fourth-order valence-electron chi connectivity index (χ4n) is 4.93. The summed E-state index contributed by atoms with van der Waals surface area (Å²) in [4.78, 5) is 33.4. The van der Waals surface area contributed by atoms with Crippen molar-refractivity contribution in [3.8, 4) is 0 Å². The molecule has 2 aromatic rings. The van der Waals surface area contributed by atoms with Crippen molar-refractivity contribution in [2.45, 2.75) is 38.3 Å². The van der Waals surface area contributed by atoms with E-state index in [0.717, 1.165) is 43.7 Å². The molecule has 2 aliphatic heterocycles. The van der Waals surface area contributed by atoms with Crippen LogP contribution in [0.5, 0.6) is 0 Å². The van der Waals surface area contributed by atoms with Gasteiger partial charge in [-0.05, 0) is 64.0 Å². The molecule has 0 radical (unpaired) electrons. The van der Waals surface area contributed by atoms with Crippen LogP contribution in [0.25, 0.3) is 0 Å². The molecular formula is C27H37N5O2. The first-order chi connectivity index (χ1) is 16.5. The first-order valence-electron chi connectivity index (χ1n) is 12.4. The molecule has 0 saturated carbocycles. The average Bonchev–Trinajstić information content (AvgIpc) is 3.11. The van der Waals surface area contributed by atoms with Gasteiger partial charge in [-0.2, -0.15) is 0 Å². The second kappa shape index (κ2) is 11.5. The van der Waals surface area contributed by atoms with E-state index in [4.69, 9.17) is 0 Å². The maximum absolute atomic E-state index is 13.7. The minimum atomic E-state index is -0.721. The Hall–Kier alpha value is -2.90. The normalized spacial score (nSPS) is 19.3. The number of urea groups is 1. The van der Waals surface area contributed by atoms with Crippen molar-refractivity contribution in [2.75, 3.05) is 51.6 Å². The van der Waals surface area contributed by atoms with Crippen molar-refractivity contribution in [2.24, 2.45) is 0 Å². The fourth-order valence-corrected chi connectivity index (χ4v) is 4.93. The Balaban J connectivity index is 1.42. The van der Waals surface area contributed by atoms with Gasteiger partial charge in [0.25, 0.3) is 0 Å². The van der Waals surface area contributed by atoms with E-state index in [1.165, 1.54) is 12.8 Å². The van der Waals surface area contributed by atoms with Gasteiger partial charge in [0.2, 0.25) is 5.91 Å². The number of rotatable bonds is 5. The Bertz CT molecular complexity index is 941. The van der Waals surface area contributed by atoms with Crippen LogP contribution < -0.4 is 10.6 Å². The van der Waals surface area contributed by atoms with E-state index in [1.807, 2.05) is 66.4 Å². The fraction of sp³-hybridized carbons (Fsp3) is 0.481. The minimum Gasteiger partial charge on any atom is -0.339 e. The molecule has 4 rings (SSSR count). The highest BCUT2D eigenvalue weighted by molar-refractivity contribution is 5.94. The van der Waals surface area contributed by atoms with E-state index in [-0.39, 0.29) is 11.9 Å². The van der Waals surface area contributed by atoms with Crippen LogP contribution in [0.3, 0.4) is 0 Å². The Labute approximate surface area is 203 Å². The highest BCUT2D eigenvalue weighted by atomic mass is 16.2. The van der Waals surface area contributed by atoms with E-state index in [0.29, 0.717) is 24.8 Å². The highest BCUT2D eigenvalue weighted by Crippen LogP contribution is 2.21. The predicted octanol–water partition coefficient (Wildman–Crippen LogP) is 3.49. The maximum atomic E-state index is 13.7. The Morgan fingerprint density at radius 1 is 0.882 bits per heavy atom. The van der Waals surface area contributed by atoms with Gasteiger partial charge in [0.05, 0.1) is 0 Å². The van der Waals surface area contributed by atoms with Crippen molar-refractivity contribution in [1.82, 2.24) is 20.0 Å².